The summed E-state index contributed by atoms with van der Waals surface area (Å²) in [6, 6.07) is 6.66. The van der Waals surface area contributed by atoms with E-state index < -0.39 is 6.10 Å². The predicted molar refractivity (Wildman–Crippen MR) is 80.5 cm³/mol. The molecule has 108 valence electrons. The highest BCUT2D eigenvalue weighted by atomic mass is 16.3. The van der Waals surface area contributed by atoms with E-state index in [9.17, 15) is 5.11 Å². The zero-order valence-corrected chi connectivity index (χ0v) is 12.2. The Kier molecular flexibility index (Phi) is 3.76. The fourth-order valence-corrected chi connectivity index (χ4v) is 3.18. The van der Waals surface area contributed by atoms with Gasteiger partial charge >= 0.3 is 0 Å². The highest BCUT2D eigenvalue weighted by Gasteiger charge is 2.22. The Balaban J connectivity index is 1.75. The van der Waals surface area contributed by atoms with Crippen molar-refractivity contribution >= 4 is 11.0 Å². The molecular weight excluding hydrogens is 250 g/mol. The van der Waals surface area contributed by atoms with E-state index in [0.717, 1.165) is 16.6 Å². The summed E-state index contributed by atoms with van der Waals surface area (Å²) < 4.78 is 1.99. The number of fused-ring (bicyclic) bond motifs is 1. The van der Waals surface area contributed by atoms with Crippen LogP contribution in [0.15, 0.2) is 24.5 Å². The normalized spacial score (nSPS) is 19.6. The first-order valence-electron chi connectivity index (χ1n) is 7.50. The summed E-state index contributed by atoms with van der Waals surface area (Å²) in [4.78, 5) is 4.36. The van der Waals surface area contributed by atoms with Crippen LogP contribution in [0.2, 0.25) is 0 Å². The average molecular weight is 273 g/mol. The van der Waals surface area contributed by atoms with E-state index in [4.69, 9.17) is 0 Å². The van der Waals surface area contributed by atoms with Crippen LogP contribution in [0.4, 0.5) is 0 Å². The number of hydrogen-bond acceptors (Lipinski definition) is 3. The minimum Gasteiger partial charge on any atom is -0.387 e. The third-order valence-electron chi connectivity index (χ3n) is 4.42. The molecule has 1 aromatic carbocycles. The van der Waals surface area contributed by atoms with E-state index >= 15 is 0 Å². The second kappa shape index (κ2) is 5.54. The van der Waals surface area contributed by atoms with Crippen LogP contribution < -0.4 is 5.32 Å². The summed E-state index contributed by atoms with van der Waals surface area (Å²) in [5.41, 5.74) is 2.98. The van der Waals surface area contributed by atoms with Gasteiger partial charge in [-0.05, 0) is 37.5 Å². The van der Waals surface area contributed by atoms with E-state index in [1.54, 1.807) is 6.33 Å². The van der Waals surface area contributed by atoms with Crippen molar-refractivity contribution < 1.29 is 5.11 Å². The van der Waals surface area contributed by atoms with Crippen molar-refractivity contribution in [2.75, 3.05) is 0 Å². The lowest BCUT2D eigenvalue weighted by Gasteiger charge is -2.24. The molecule has 1 aliphatic carbocycles. The van der Waals surface area contributed by atoms with Gasteiger partial charge in [-0.2, -0.15) is 0 Å². The molecule has 2 aromatic rings. The third-order valence-corrected chi connectivity index (χ3v) is 4.42. The molecule has 1 aromatic heterocycles. The number of rotatable bonds is 4. The number of hydrogen-bond donors (Lipinski definition) is 2. The number of nitrogens with zero attached hydrogens (tertiary/aromatic N) is 2. The molecule has 0 radical (unpaired) electrons. The molecule has 3 rings (SSSR count). The summed E-state index contributed by atoms with van der Waals surface area (Å²) >= 11 is 0. The van der Waals surface area contributed by atoms with Gasteiger partial charge in [-0.15, -0.1) is 0 Å². The number of aryl methyl sites for hydroxylation is 1. The van der Waals surface area contributed by atoms with Gasteiger partial charge < -0.3 is 15.0 Å². The van der Waals surface area contributed by atoms with Crippen molar-refractivity contribution in [3.05, 3.63) is 30.1 Å². The molecule has 0 bridgehead atoms. The second-order valence-electron chi connectivity index (χ2n) is 5.99. The molecule has 2 unspecified atom stereocenters. The van der Waals surface area contributed by atoms with Crippen LogP contribution >= 0.6 is 0 Å². The Labute approximate surface area is 119 Å². The van der Waals surface area contributed by atoms with Crippen LogP contribution in [0.1, 0.15) is 44.3 Å². The van der Waals surface area contributed by atoms with Gasteiger partial charge in [0.25, 0.3) is 0 Å². The number of nitrogens with one attached hydrogen (secondary N) is 1. The summed E-state index contributed by atoms with van der Waals surface area (Å²) in [6.07, 6.45) is 6.40. The SMILES string of the molecule is CC(NC1CCCC1)C(O)c1ccc2c(c1)ncn2C. The molecule has 0 saturated heterocycles. The van der Waals surface area contributed by atoms with Crippen LogP contribution in [0.25, 0.3) is 11.0 Å². The summed E-state index contributed by atoms with van der Waals surface area (Å²) in [7, 11) is 1.98. The van der Waals surface area contributed by atoms with Crippen molar-refractivity contribution in [2.45, 2.75) is 50.8 Å². The molecule has 1 fully saturated rings. The van der Waals surface area contributed by atoms with Gasteiger partial charge in [0.05, 0.1) is 23.5 Å². The maximum absolute atomic E-state index is 10.5. The van der Waals surface area contributed by atoms with Crippen molar-refractivity contribution in [2.24, 2.45) is 7.05 Å². The first-order valence-corrected chi connectivity index (χ1v) is 7.50. The lowest BCUT2D eigenvalue weighted by molar-refractivity contribution is 0.129. The zero-order valence-electron chi connectivity index (χ0n) is 12.2. The number of aliphatic hydroxyl groups excluding tert-OH is 1. The highest BCUT2D eigenvalue weighted by Crippen LogP contribution is 2.24. The van der Waals surface area contributed by atoms with Crippen LogP contribution in [0.3, 0.4) is 0 Å². The van der Waals surface area contributed by atoms with Crippen molar-refractivity contribution in [3.63, 3.8) is 0 Å². The Bertz CT molecular complexity index is 586. The number of benzene rings is 1. The Morgan fingerprint density at radius 2 is 2.10 bits per heavy atom. The molecule has 1 aliphatic rings. The van der Waals surface area contributed by atoms with E-state index in [1.165, 1.54) is 25.7 Å². The summed E-state index contributed by atoms with van der Waals surface area (Å²) in [6.45, 7) is 2.06. The maximum atomic E-state index is 10.5. The standard InChI is InChI=1S/C16H23N3O/c1-11(18-13-5-3-4-6-13)16(20)12-7-8-15-14(9-12)17-10-19(15)2/h7-11,13,16,18,20H,3-6H2,1-2H3. The quantitative estimate of drug-likeness (QED) is 0.900. The molecule has 4 nitrogen and oxygen atoms in total. The predicted octanol–water partition coefficient (Wildman–Crippen LogP) is 2.53. The summed E-state index contributed by atoms with van der Waals surface area (Å²) in [5, 5.41) is 14.1. The zero-order chi connectivity index (χ0) is 14.1. The molecule has 1 saturated carbocycles. The molecule has 2 N–H and O–H groups in total. The fourth-order valence-electron chi connectivity index (χ4n) is 3.18. The van der Waals surface area contributed by atoms with E-state index in [-0.39, 0.29) is 6.04 Å². The van der Waals surface area contributed by atoms with Gasteiger partial charge in [-0.3, -0.25) is 0 Å². The molecular formula is C16H23N3O. The molecule has 0 aliphatic heterocycles. The van der Waals surface area contributed by atoms with Gasteiger partial charge in [0.15, 0.2) is 0 Å². The first-order chi connectivity index (χ1) is 9.65. The molecule has 4 heteroatoms. The molecule has 0 amide bonds. The molecule has 20 heavy (non-hydrogen) atoms. The second-order valence-corrected chi connectivity index (χ2v) is 5.99. The summed E-state index contributed by atoms with van der Waals surface area (Å²) in [5.74, 6) is 0. The smallest absolute Gasteiger partial charge is 0.0955 e. The number of imidazole rings is 1. The van der Waals surface area contributed by atoms with Gasteiger partial charge in [-0.25, -0.2) is 4.98 Å². The molecule has 1 heterocycles. The minimum atomic E-state index is -0.484. The van der Waals surface area contributed by atoms with Crippen LogP contribution in [-0.4, -0.2) is 26.7 Å². The minimum absolute atomic E-state index is 0.0688. The van der Waals surface area contributed by atoms with Gasteiger partial charge in [-0.1, -0.05) is 18.9 Å². The molecule has 0 spiro atoms. The first kappa shape index (κ1) is 13.6. The largest absolute Gasteiger partial charge is 0.387 e. The van der Waals surface area contributed by atoms with Crippen molar-refractivity contribution in [3.8, 4) is 0 Å². The molecule has 2 atom stereocenters. The van der Waals surface area contributed by atoms with Crippen LogP contribution in [0, 0.1) is 0 Å². The lowest BCUT2D eigenvalue weighted by atomic mass is 10.0. The topological polar surface area (TPSA) is 50.1 Å². The highest BCUT2D eigenvalue weighted by molar-refractivity contribution is 5.76. The maximum Gasteiger partial charge on any atom is 0.0955 e. The Morgan fingerprint density at radius 1 is 1.35 bits per heavy atom. The fraction of sp³-hybridized carbons (Fsp3) is 0.562. The monoisotopic (exact) mass is 273 g/mol. The number of aromatic nitrogens is 2. The van der Waals surface area contributed by atoms with Crippen LogP contribution in [0.5, 0.6) is 0 Å². The third kappa shape index (κ3) is 2.58. The van der Waals surface area contributed by atoms with Gasteiger partial charge in [0, 0.05) is 19.1 Å². The number of aliphatic hydroxyl groups is 1. The van der Waals surface area contributed by atoms with Crippen molar-refractivity contribution in [1.29, 1.82) is 0 Å². The Morgan fingerprint density at radius 3 is 2.85 bits per heavy atom. The van der Waals surface area contributed by atoms with E-state index in [2.05, 4.69) is 17.2 Å². The average Bonchev–Trinajstić information content (AvgIpc) is 3.08. The van der Waals surface area contributed by atoms with E-state index in [0.29, 0.717) is 6.04 Å². The van der Waals surface area contributed by atoms with Gasteiger partial charge in [0.2, 0.25) is 0 Å². The Hall–Kier alpha value is -1.39. The van der Waals surface area contributed by atoms with Gasteiger partial charge in [0.1, 0.15) is 0 Å². The lowest BCUT2D eigenvalue weighted by Crippen LogP contribution is -2.38. The van der Waals surface area contributed by atoms with Crippen molar-refractivity contribution in [1.82, 2.24) is 14.9 Å². The van der Waals surface area contributed by atoms with E-state index in [1.807, 2.05) is 29.8 Å². The van der Waals surface area contributed by atoms with Crippen LogP contribution in [-0.2, 0) is 7.05 Å².